The number of benzene rings is 1. The van der Waals surface area contributed by atoms with Crippen molar-refractivity contribution in [3.63, 3.8) is 0 Å². The van der Waals surface area contributed by atoms with E-state index in [2.05, 4.69) is 9.97 Å². The van der Waals surface area contributed by atoms with Crippen molar-refractivity contribution in [3.8, 4) is 0 Å². The molecular formula is C17H17N3O2. The Balaban J connectivity index is 1.61. The number of nitrogens with two attached hydrogens (primary N) is 1. The zero-order chi connectivity index (χ0) is 15.4. The number of para-hydroxylation sites is 1. The molecule has 0 fully saturated rings. The SMILES string of the molecule is NC(Cc1c[nH]c2ccccc12)C(=O)OCc1cccnc1. The number of hydrogen-bond acceptors (Lipinski definition) is 4. The summed E-state index contributed by atoms with van der Waals surface area (Å²) in [5.41, 5.74) is 8.85. The van der Waals surface area contributed by atoms with E-state index >= 15 is 0 Å². The molecule has 0 amide bonds. The highest BCUT2D eigenvalue weighted by molar-refractivity contribution is 5.84. The lowest BCUT2D eigenvalue weighted by Gasteiger charge is -2.11. The van der Waals surface area contributed by atoms with Crippen LogP contribution in [0.4, 0.5) is 0 Å². The van der Waals surface area contributed by atoms with Crippen molar-refractivity contribution in [3.05, 3.63) is 66.1 Å². The Hall–Kier alpha value is -2.66. The van der Waals surface area contributed by atoms with Crippen molar-refractivity contribution < 1.29 is 9.53 Å². The van der Waals surface area contributed by atoms with Crippen LogP contribution in [0, 0.1) is 0 Å². The number of esters is 1. The molecule has 2 heterocycles. The molecule has 0 aliphatic rings. The second kappa shape index (κ2) is 6.41. The van der Waals surface area contributed by atoms with Crippen LogP contribution in [0.15, 0.2) is 55.0 Å². The van der Waals surface area contributed by atoms with Gasteiger partial charge in [-0.05, 0) is 17.7 Å². The molecule has 1 atom stereocenters. The first-order chi connectivity index (χ1) is 10.7. The molecule has 3 N–H and O–H groups in total. The van der Waals surface area contributed by atoms with Crippen LogP contribution in [-0.4, -0.2) is 22.0 Å². The minimum Gasteiger partial charge on any atom is -0.460 e. The molecule has 3 rings (SSSR count). The Bertz CT molecular complexity index is 768. The summed E-state index contributed by atoms with van der Waals surface area (Å²) in [5.74, 6) is -0.408. The predicted molar refractivity (Wildman–Crippen MR) is 84.0 cm³/mol. The fourth-order valence-corrected chi connectivity index (χ4v) is 2.37. The highest BCUT2D eigenvalue weighted by Crippen LogP contribution is 2.19. The number of fused-ring (bicyclic) bond motifs is 1. The van der Waals surface area contributed by atoms with Gasteiger partial charge in [-0.25, -0.2) is 0 Å². The standard InChI is InChI=1S/C17H17N3O2/c18-15(17(21)22-11-12-4-3-7-19-9-12)8-13-10-20-16-6-2-1-5-14(13)16/h1-7,9-10,15,20H,8,11,18H2. The Morgan fingerprint density at radius 3 is 2.95 bits per heavy atom. The van der Waals surface area contributed by atoms with E-state index in [0.717, 1.165) is 22.0 Å². The minimum absolute atomic E-state index is 0.189. The van der Waals surface area contributed by atoms with Gasteiger partial charge in [-0.1, -0.05) is 24.3 Å². The average Bonchev–Trinajstić information content (AvgIpc) is 2.97. The quantitative estimate of drug-likeness (QED) is 0.707. The molecule has 22 heavy (non-hydrogen) atoms. The van der Waals surface area contributed by atoms with Gasteiger partial charge in [0.15, 0.2) is 0 Å². The van der Waals surface area contributed by atoms with Gasteiger partial charge in [0.25, 0.3) is 0 Å². The first kappa shape index (κ1) is 14.3. The number of pyridine rings is 1. The first-order valence-corrected chi connectivity index (χ1v) is 7.10. The molecule has 112 valence electrons. The van der Waals surface area contributed by atoms with E-state index < -0.39 is 12.0 Å². The number of aromatic nitrogens is 2. The van der Waals surface area contributed by atoms with E-state index in [0.29, 0.717) is 6.42 Å². The average molecular weight is 295 g/mol. The van der Waals surface area contributed by atoms with E-state index in [1.165, 1.54) is 0 Å². The normalized spacial score (nSPS) is 12.2. The maximum absolute atomic E-state index is 12.0. The number of nitrogens with zero attached hydrogens (tertiary/aromatic N) is 1. The van der Waals surface area contributed by atoms with Crippen molar-refractivity contribution in [1.29, 1.82) is 0 Å². The fourth-order valence-electron chi connectivity index (χ4n) is 2.37. The molecule has 5 nitrogen and oxygen atoms in total. The summed E-state index contributed by atoms with van der Waals surface area (Å²) in [6.07, 6.45) is 5.67. The van der Waals surface area contributed by atoms with Crippen LogP contribution in [0.25, 0.3) is 10.9 Å². The van der Waals surface area contributed by atoms with Gasteiger partial charge in [0.2, 0.25) is 0 Å². The number of nitrogens with one attached hydrogen (secondary N) is 1. The second-order valence-corrected chi connectivity index (χ2v) is 5.14. The number of H-pyrrole nitrogens is 1. The summed E-state index contributed by atoms with van der Waals surface area (Å²) in [5, 5.41) is 1.08. The van der Waals surface area contributed by atoms with Gasteiger partial charge in [-0.2, -0.15) is 0 Å². The molecule has 0 spiro atoms. The second-order valence-electron chi connectivity index (χ2n) is 5.14. The van der Waals surface area contributed by atoms with Gasteiger partial charge in [0.05, 0.1) is 0 Å². The van der Waals surface area contributed by atoms with Crippen LogP contribution in [-0.2, 0) is 22.6 Å². The molecule has 0 aliphatic carbocycles. The van der Waals surface area contributed by atoms with Crippen molar-refractivity contribution in [2.45, 2.75) is 19.1 Å². The highest BCUT2D eigenvalue weighted by atomic mass is 16.5. The summed E-state index contributed by atoms with van der Waals surface area (Å²) in [7, 11) is 0. The van der Waals surface area contributed by atoms with E-state index in [4.69, 9.17) is 10.5 Å². The van der Waals surface area contributed by atoms with Crippen LogP contribution < -0.4 is 5.73 Å². The van der Waals surface area contributed by atoms with Crippen LogP contribution in [0.2, 0.25) is 0 Å². The van der Waals surface area contributed by atoms with E-state index in [1.54, 1.807) is 18.5 Å². The van der Waals surface area contributed by atoms with Gasteiger partial charge in [-0.15, -0.1) is 0 Å². The smallest absolute Gasteiger partial charge is 0.323 e. The van der Waals surface area contributed by atoms with Crippen molar-refractivity contribution >= 4 is 16.9 Å². The topological polar surface area (TPSA) is 81.0 Å². The Morgan fingerprint density at radius 2 is 2.14 bits per heavy atom. The van der Waals surface area contributed by atoms with Crippen molar-refractivity contribution in [2.24, 2.45) is 5.73 Å². The Kier molecular flexibility index (Phi) is 4.16. The number of rotatable bonds is 5. The van der Waals surface area contributed by atoms with E-state index in [1.807, 2.05) is 36.5 Å². The zero-order valence-corrected chi connectivity index (χ0v) is 12.0. The third-order valence-electron chi connectivity index (χ3n) is 3.52. The summed E-state index contributed by atoms with van der Waals surface area (Å²) in [4.78, 5) is 19.2. The van der Waals surface area contributed by atoms with Crippen LogP contribution >= 0.6 is 0 Å². The minimum atomic E-state index is -0.684. The molecule has 1 unspecified atom stereocenters. The lowest BCUT2D eigenvalue weighted by atomic mass is 10.1. The molecule has 1 aromatic carbocycles. The lowest BCUT2D eigenvalue weighted by molar-refractivity contribution is -0.146. The summed E-state index contributed by atoms with van der Waals surface area (Å²) >= 11 is 0. The predicted octanol–water partition coefficient (Wildman–Crippen LogP) is 2.18. The Morgan fingerprint density at radius 1 is 1.27 bits per heavy atom. The van der Waals surface area contributed by atoms with Gasteiger partial charge in [-0.3, -0.25) is 9.78 Å². The number of aromatic amines is 1. The van der Waals surface area contributed by atoms with Crippen LogP contribution in [0.5, 0.6) is 0 Å². The van der Waals surface area contributed by atoms with Gasteiger partial charge in [0.1, 0.15) is 12.6 Å². The molecule has 0 aliphatic heterocycles. The van der Waals surface area contributed by atoms with Crippen molar-refractivity contribution in [2.75, 3.05) is 0 Å². The number of carbonyl (C=O) groups is 1. The van der Waals surface area contributed by atoms with Crippen LogP contribution in [0.3, 0.4) is 0 Å². The molecular weight excluding hydrogens is 278 g/mol. The van der Waals surface area contributed by atoms with E-state index in [9.17, 15) is 4.79 Å². The number of ether oxygens (including phenoxy) is 1. The largest absolute Gasteiger partial charge is 0.460 e. The van der Waals surface area contributed by atoms with Crippen LogP contribution in [0.1, 0.15) is 11.1 Å². The molecule has 0 saturated heterocycles. The monoisotopic (exact) mass is 295 g/mol. The van der Waals surface area contributed by atoms with E-state index in [-0.39, 0.29) is 6.61 Å². The highest BCUT2D eigenvalue weighted by Gasteiger charge is 2.17. The molecule has 0 radical (unpaired) electrons. The zero-order valence-electron chi connectivity index (χ0n) is 12.0. The first-order valence-electron chi connectivity index (χ1n) is 7.10. The van der Waals surface area contributed by atoms with Crippen molar-refractivity contribution in [1.82, 2.24) is 9.97 Å². The fraction of sp³-hybridized carbons (Fsp3) is 0.176. The lowest BCUT2D eigenvalue weighted by Crippen LogP contribution is -2.34. The summed E-state index contributed by atoms with van der Waals surface area (Å²) in [6, 6.07) is 10.9. The Labute approximate surface area is 128 Å². The maximum atomic E-state index is 12.0. The number of hydrogen-bond donors (Lipinski definition) is 2. The molecule has 2 aromatic heterocycles. The molecule has 3 aromatic rings. The molecule has 0 saturated carbocycles. The summed E-state index contributed by atoms with van der Waals surface area (Å²) < 4.78 is 5.24. The number of carbonyl (C=O) groups excluding carboxylic acids is 1. The van der Waals surface area contributed by atoms with Gasteiger partial charge >= 0.3 is 5.97 Å². The third kappa shape index (κ3) is 3.15. The summed E-state index contributed by atoms with van der Waals surface area (Å²) in [6.45, 7) is 0.189. The molecule has 5 heteroatoms. The maximum Gasteiger partial charge on any atom is 0.323 e. The third-order valence-corrected chi connectivity index (χ3v) is 3.52. The van der Waals surface area contributed by atoms with Gasteiger partial charge < -0.3 is 15.5 Å². The van der Waals surface area contributed by atoms with Gasteiger partial charge in [0, 0.05) is 41.5 Å². The molecule has 0 bridgehead atoms.